The summed E-state index contributed by atoms with van der Waals surface area (Å²) < 4.78 is 0. The second-order valence-electron chi connectivity index (χ2n) is 7.24. The van der Waals surface area contributed by atoms with Crippen LogP contribution in [0.15, 0.2) is 0 Å². The van der Waals surface area contributed by atoms with Gasteiger partial charge in [0.05, 0.1) is 0 Å². The third-order valence-electron chi connectivity index (χ3n) is 5.51. The maximum Gasteiger partial charge on any atom is -0.00177 e. The maximum absolute atomic E-state index is 3.68. The van der Waals surface area contributed by atoms with Crippen molar-refractivity contribution >= 4 is 0 Å². The van der Waals surface area contributed by atoms with Crippen LogP contribution < -0.4 is 5.32 Å². The summed E-state index contributed by atoms with van der Waals surface area (Å²) in [5.41, 5.74) is 0. The summed E-state index contributed by atoms with van der Waals surface area (Å²) in [4.78, 5) is 0. The molecule has 2 atom stereocenters. The zero-order chi connectivity index (χ0) is 13.0. The van der Waals surface area contributed by atoms with Crippen LogP contribution in [-0.2, 0) is 0 Å². The first-order valence-corrected chi connectivity index (χ1v) is 8.41. The topological polar surface area (TPSA) is 12.0 Å². The third kappa shape index (κ3) is 3.73. The summed E-state index contributed by atoms with van der Waals surface area (Å²) >= 11 is 0. The quantitative estimate of drug-likeness (QED) is 0.734. The van der Waals surface area contributed by atoms with Crippen LogP contribution in [0.25, 0.3) is 0 Å². The van der Waals surface area contributed by atoms with Gasteiger partial charge < -0.3 is 5.32 Å². The van der Waals surface area contributed by atoms with Crippen LogP contribution in [0, 0.1) is 29.6 Å². The fourth-order valence-corrected chi connectivity index (χ4v) is 4.05. The van der Waals surface area contributed by atoms with E-state index in [4.69, 9.17) is 0 Å². The molecule has 2 fully saturated rings. The highest BCUT2D eigenvalue weighted by molar-refractivity contribution is 4.89. The second-order valence-corrected chi connectivity index (χ2v) is 7.24. The SMILES string of the molecule is CCC1CCC(C2CCC2CNCC(C)C)CC1. The Hall–Kier alpha value is -0.0400. The lowest BCUT2D eigenvalue weighted by molar-refractivity contribution is 0.0667. The Kier molecular flexibility index (Phi) is 5.54. The largest absolute Gasteiger partial charge is 0.316 e. The molecule has 2 aliphatic rings. The Morgan fingerprint density at radius 1 is 1.00 bits per heavy atom. The Morgan fingerprint density at radius 3 is 2.22 bits per heavy atom. The van der Waals surface area contributed by atoms with Gasteiger partial charge in [-0.3, -0.25) is 0 Å². The molecule has 0 aromatic rings. The van der Waals surface area contributed by atoms with E-state index in [2.05, 4.69) is 26.1 Å². The van der Waals surface area contributed by atoms with Crippen LogP contribution >= 0.6 is 0 Å². The molecule has 0 radical (unpaired) electrons. The first-order chi connectivity index (χ1) is 8.70. The van der Waals surface area contributed by atoms with Crippen LogP contribution in [0.2, 0.25) is 0 Å². The lowest BCUT2D eigenvalue weighted by atomic mass is 9.62. The first-order valence-electron chi connectivity index (χ1n) is 8.41. The fraction of sp³-hybridized carbons (Fsp3) is 1.00. The van der Waals surface area contributed by atoms with Gasteiger partial charge in [-0.2, -0.15) is 0 Å². The average molecular weight is 251 g/mol. The molecule has 0 aliphatic heterocycles. The van der Waals surface area contributed by atoms with E-state index in [-0.39, 0.29) is 0 Å². The van der Waals surface area contributed by atoms with Crippen molar-refractivity contribution in [2.75, 3.05) is 13.1 Å². The van der Waals surface area contributed by atoms with Crippen molar-refractivity contribution in [1.82, 2.24) is 5.32 Å². The molecule has 2 aliphatic carbocycles. The molecule has 1 nitrogen and oxygen atoms in total. The van der Waals surface area contributed by atoms with E-state index in [0.29, 0.717) is 0 Å². The average Bonchev–Trinajstić information content (AvgIpc) is 2.34. The molecule has 0 aromatic carbocycles. The number of nitrogens with one attached hydrogen (secondary N) is 1. The molecule has 1 heteroatoms. The van der Waals surface area contributed by atoms with Crippen molar-refractivity contribution in [2.45, 2.75) is 65.7 Å². The lowest BCUT2D eigenvalue weighted by Crippen LogP contribution is -2.41. The Bertz CT molecular complexity index is 228. The smallest absolute Gasteiger partial charge is 0.00177 e. The molecule has 106 valence electrons. The monoisotopic (exact) mass is 251 g/mol. The highest BCUT2D eigenvalue weighted by atomic mass is 14.9. The Labute approximate surface area is 114 Å². The molecule has 18 heavy (non-hydrogen) atoms. The van der Waals surface area contributed by atoms with Crippen LogP contribution in [0.4, 0.5) is 0 Å². The minimum Gasteiger partial charge on any atom is -0.316 e. The molecule has 2 unspecified atom stereocenters. The van der Waals surface area contributed by atoms with Crippen molar-refractivity contribution in [3.8, 4) is 0 Å². The summed E-state index contributed by atoms with van der Waals surface area (Å²) in [6.07, 6.45) is 10.5. The van der Waals surface area contributed by atoms with Crippen molar-refractivity contribution in [2.24, 2.45) is 29.6 Å². The molecule has 2 saturated carbocycles. The van der Waals surface area contributed by atoms with Crippen molar-refractivity contribution in [3.05, 3.63) is 0 Å². The normalized spacial score (nSPS) is 36.7. The highest BCUT2D eigenvalue weighted by Crippen LogP contribution is 2.46. The summed E-state index contributed by atoms with van der Waals surface area (Å²) in [5, 5.41) is 3.68. The molecule has 0 heterocycles. The molecule has 0 amide bonds. The Morgan fingerprint density at radius 2 is 1.72 bits per heavy atom. The summed E-state index contributed by atoms with van der Waals surface area (Å²) in [6.45, 7) is 9.46. The van der Waals surface area contributed by atoms with Crippen molar-refractivity contribution in [1.29, 1.82) is 0 Å². The molecular formula is C17H33N. The Balaban J connectivity index is 1.67. The molecule has 0 bridgehead atoms. The van der Waals surface area contributed by atoms with Gasteiger partial charge in [-0.05, 0) is 68.4 Å². The lowest BCUT2D eigenvalue weighted by Gasteiger charge is -2.45. The molecular weight excluding hydrogens is 218 g/mol. The van der Waals surface area contributed by atoms with Gasteiger partial charge in [-0.1, -0.05) is 40.0 Å². The predicted octanol–water partition coefficient (Wildman–Crippen LogP) is 4.47. The van der Waals surface area contributed by atoms with Crippen LogP contribution in [-0.4, -0.2) is 13.1 Å². The van der Waals surface area contributed by atoms with Crippen LogP contribution in [0.1, 0.15) is 65.7 Å². The second kappa shape index (κ2) is 6.93. The molecule has 0 aromatic heterocycles. The van der Waals surface area contributed by atoms with Crippen LogP contribution in [0.3, 0.4) is 0 Å². The predicted molar refractivity (Wildman–Crippen MR) is 79.7 cm³/mol. The standard InChI is InChI=1S/C17H33N/c1-4-14-5-7-15(8-6-14)17-10-9-16(17)12-18-11-13(2)3/h13-18H,4-12H2,1-3H3. The zero-order valence-corrected chi connectivity index (χ0v) is 12.8. The molecule has 0 spiro atoms. The van der Waals surface area contributed by atoms with E-state index in [1.807, 2.05) is 0 Å². The zero-order valence-electron chi connectivity index (χ0n) is 12.8. The van der Waals surface area contributed by atoms with Gasteiger partial charge in [0.15, 0.2) is 0 Å². The van der Waals surface area contributed by atoms with E-state index in [1.165, 1.54) is 58.0 Å². The van der Waals surface area contributed by atoms with Gasteiger partial charge in [-0.15, -0.1) is 0 Å². The van der Waals surface area contributed by atoms with Gasteiger partial charge >= 0.3 is 0 Å². The summed E-state index contributed by atoms with van der Waals surface area (Å²) in [6, 6.07) is 0. The van der Waals surface area contributed by atoms with E-state index in [1.54, 1.807) is 0 Å². The minimum absolute atomic E-state index is 0.795. The van der Waals surface area contributed by atoms with E-state index in [9.17, 15) is 0 Å². The van der Waals surface area contributed by atoms with Gasteiger partial charge in [-0.25, -0.2) is 0 Å². The molecule has 0 saturated heterocycles. The molecule has 1 N–H and O–H groups in total. The van der Waals surface area contributed by atoms with Gasteiger partial charge in [0, 0.05) is 0 Å². The molecule has 2 rings (SSSR count). The number of hydrogen-bond acceptors (Lipinski definition) is 1. The highest BCUT2D eigenvalue weighted by Gasteiger charge is 2.37. The van der Waals surface area contributed by atoms with Crippen LogP contribution in [0.5, 0.6) is 0 Å². The van der Waals surface area contributed by atoms with Gasteiger partial charge in [0.25, 0.3) is 0 Å². The van der Waals surface area contributed by atoms with Gasteiger partial charge in [0.1, 0.15) is 0 Å². The van der Waals surface area contributed by atoms with Gasteiger partial charge in [0.2, 0.25) is 0 Å². The third-order valence-corrected chi connectivity index (χ3v) is 5.51. The number of rotatable bonds is 6. The minimum atomic E-state index is 0.795. The van der Waals surface area contributed by atoms with E-state index < -0.39 is 0 Å². The fourth-order valence-electron chi connectivity index (χ4n) is 4.05. The number of hydrogen-bond donors (Lipinski definition) is 1. The first kappa shape index (κ1) is 14.4. The summed E-state index contributed by atoms with van der Waals surface area (Å²) in [7, 11) is 0. The maximum atomic E-state index is 3.68. The van der Waals surface area contributed by atoms with Crippen molar-refractivity contribution < 1.29 is 0 Å². The van der Waals surface area contributed by atoms with Crippen molar-refractivity contribution in [3.63, 3.8) is 0 Å². The van der Waals surface area contributed by atoms with E-state index in [0.717, 1.165) is 29.6 Å². The van der Waals surface area contributed by atoms with E-state index >= 15 is 0 Å². The summed E-state index contributed by atoms with van der Waals surface area (Å²) in [5.74, 6) is 5.00.